The molecular formula is C18H28F2N2S. The molecule has 0 radical (unpaired) electrons. The molecule has 1 aromatic heterocycles. The van der Waals surface area contributed by atoms with Crippen LogP contribution in [-0.4, -0.2) is 28.9 Å². The van der Waals surface area contributed by atoms with Crippen molar-refractivity contribution in [2.24, 2.45) is 5.92 Å². The minimum absolute atomic E-state index is 0.0925. The average molecular weight is 342 g/mol. The highest BCUT2D eigenvalue weighted by Crippen LogP contribution is 2.30. The molecule has 1 aliphatic carbocycles. The lowest BCUT2D eigenvalue weighted by Crippen LogP contribution is -2.32. The standard InChI is InChI=1S/C18H28F2N2S/c1-18(19,20)10-7-17-21-15-13-22(12-9-16(15)23-17)11-8-14-5-3-2-4-6-14/h14H,2-13H2,1H3. The van der Waals surface area contributed by atoms with Crippen LogP contribution in [0.15, 0.2) is 0 Å². The summed E-state index contributed by atoms with van der Waals surface area (Å²) < 4.78 is 26.0. The number of rotatable bonds is 6. The molecule has 5 heteroatoms. The topological polar surface area (TPSA) is 16.1 Å². The monoisotopic (exact) mass is 342 g/mol. The van der Waals surface area contributed by atoms with Gasteiger partial charge in [-0.25, -0.2) is 13.8 Å². The maximum atomic E-state index is 13.0. The smallest absolute Gasteiger partial charge is 0.245 e. The van der Waals surface area contributed by atoms with E-state index in [1.807, 2.05) is 0 Å². The fraction of sp³-hybridized carbons (Fsp3) is 0.833. The number of hydrogen-bond acceptors (Lipinski definition) is 3. The summed E-state index contributed by atoms with van der Waals surface area (Å²) in [6.45, 7) is 4.18. The summed E-state index contributed by atoms with van der Waals surface area (Å²) in [5.41, 5.74) is 1.15. The zero-order valence-electron chi connectivity index (χ0n) is 14.1. The molecule has 0 bridgehead atoms. The zero-order chi connectivity index (χ0) is 16.3. The number of nitrogens with zero attached hydrogens (tertiary/aromatic N) is 2. The summed E-state index contributed by atoms with van der Waals surface area (Å²) in [6, 6.07) is 0. The maximum absolute atomic E-state index is 13.0. The summed E-state index contributed by atoms with van der Waals surface area (Å²) in [5, 5.41) is 0.894. The van der Waals surface area contributed by atoms with E-state index in [2.05, 4.69) is 9.88 Å². The third-order valence-electron chi connectivity index (χ3n) is 5.21. The van der Waals surface area contributed by atoms with Gasteiger partial charge in [-0.05, 0) is 32.2 Å². The Bertz CT molecular complexity index is 504. The van der Waals surface area contributed by atoms with Crippen molar-refractivity contribution in [3.05, 3.63) is 15.6 Å². The van der Waals surface area contributed by atoms with Crippen LogP contribution in [0.3, 0.4) is 0 Å². The van der Waals surface area contributed by atoms with Crippen molar-refractivity contribution in [1.82, 2.24) is 9.88 Å². The zero-order valence-corrected chi connectivity index (χ0v) is 14.9. The molecule has 2 heterocycles. The Labute approximate surface area is 142 Å². The molecule has 0 unspecified atom stereocenters. The first kappa shape index (κ1) is 17.3. The van der Waals surface area contributed by atoms with Crippen molar-refractivity contribution in [3.63, 3.8) is 0 Å². The van der Waals surface area contributed by atoms with Crippen LogP contribution < -0.4 is 0 Å². The van der Waals surface area contributed by atoms with Gasteiger partial charge in [-0.3, -0.25) is 4.90 Å². The first-order chi connectivity index (χ1) is 11.0. The minimum Gasteiger partial charge on any atom is -0.297 e. The molecule has 0 atom stereocenters. The SMILES string of the molecule is CC(F)(F)CCc1nc2c(s1)CCN(CCC1CCCCC1)C2. The van der Waals surface area contributed by atoms with Gasteiger partial charge in [-0.2, -0.15) is 0 Å². The van der Waals surface area contributed by atoms with Crippen LogP contribution in [0.2, 0.25) is 0 Å². The Kier molecular flexibility index (Phi) is 5.68. The van der Waals surface area contributed by atoms with E-state index in [9.17, 15) is 8.78 Å². The van der Waals surface area contributed by atoms with Crippen molar-refractivity contribution >= 4 is 11.3 Å². The molecule has 3 rings (SSSR count). The number of halogens is 2. The van der Waals surface area contributed by atoms with E-state index >= 15 is 0 Å². The molecule has 1 aromatic rings. The maximum Gasteiger partial charge on any atom is 0.245 e. The van der Waals surface area contributed by atoms with Gasteiger partial charge < -0.3 is 0 Å². The summed E-state index contributed by atoms with van der Waals surface area (Å²) in [5.74, 6) is -1.67. The highest BCUT2D eigenvalue weighted by molar-refractivity contribution is 7.11. The van der Waals surface area contributed by atoms with Gasteiger partial charge in [0.2, 0.25) is 5.92 Å². The van der Waals surface area contributed by atoms with Crippen molar-refractivity contribution in [2.45, 2.75) is 77.2 Å². The average Bonchev–Trinajstić information content (AvgIpc) is 2.93. The Balaban J connectivity index is 1.48. The Hall–Kier alpha value is -0.550. The van der Waals surface area contributed by atoms with Crippen molar-refractivity contribution in [3.8, 4) is 0 Å². The fourth-order valence-corrected chi connectivity index (χ4v) is 4.84. The molecule has 23 heavy (non-hydrogen) atoms. The highest BCUT2D eigenvalue weighted by Gasteiger charge is 2.24. The van der Waals surface area contributed by atoms with Crippen molar-refractivity contribution < 1.29 is 8.78 Å². The Morgan fingerprint density at radius 1 is 1.26 bits per heavy atom. The molecule has 0 aromatic carbocycles. The predicted octanol–water partition coefficient (Wildman–Crippen LogP) is 5.06. The van der Waals surface area contributed by atoms with Crippen LogP contribution in [-0.2, 0) is 19.4 Å². The third kappa shape index (κ3) is 5.21. The van der Waals surface area contributed by atoms with Gasteiger partial charge in [-0.15, -0.1) is 11.3 Å². The number of aromatic nitrogens is 1. The molecule has 0 saturated heterocycles. The van der Waals surface area contributed by atoms with E-state index in [1.165, 1.54) is 49.9 Å². The first-order valence-electron chi connectivity index (χ1n) is 9.07. The minimum atomic E-state index is -2.59. The highest BCUT2D eigenvalue weighted by atomic mass is 32.1. The lowest BCUT2D eigenvalue weighted by atomic mass is 9.87. The van der Waals surface area contributed by atoms with E-state index < -0.39 is 5.92 Å². The van der Waals surface area contributed by atoms with E-state index in [-0.39, 0.29) is 6.42 Å². The second kappa shape index (κ2) is 7.56. The van der Waals surface area contributed by atoms with Gasteiger partial charge in [0.1, 0.15) is 0 Å². The van der Waals surface area contributed by atoms with Crippen LogP contribution in [0, 0.1) is 5.92 Å². The van der Waals surface area contributed by atoms with E-state index in [1.54, 1.807) is 11.3 Å². The quantitative estimate of drug-likeness (QED) is 0.718. The molecule has 130 valence electrons. The summed E-state index contributed by atoms with van der Waals surface area (Å²) >= 11 is 1.65. The number of alkyl halides is 2. The van der Waals surface area contributed by atoms with Gasteiger partial charge in [0.15, 0.2) is 0 Å². The van der Waals surface area contributed by atoms with Crippen LogP contribution in [0.1, 0.15) is 67.4 Å². The lowest BCUT2D eigenvalue weighted by molar-refractivity contribution is 0.0133. The Morgan fingerprint density at radius 2 is 2.04 bits per heavy atom. The second-order valence-corrected chi connectivity index (χ2v) is 8.53. The van der Waals surface area contributed by atoms with Crippen molar-refractivity contribution in [2.75, 3.05) is 13.1 Å². The molecule has 2 nitrogen and oxygen atoms in total. The van der Waals surface area contributed by atoms with Gasteiger partial charge in [0, 0.05) is 30.8 Å². The molecule has 1 fully saturated rings. The van der Waals surface area contributed by atoms with Crippen LogP contribution in [0.25, 0.3) is 0 Å². The molecule has 0 spiro atoms. The van der Waals surface area contributed by atoms with Gasteiger partial charge in [-0.1, -0.05) is 32.1 Å². The molecule has 2 aliphatic rings. The van der Waals surface area contributed by atoms with Crippen LogP contribution in [0.4, 0.5) is 8.78 Å². The molecular weight excluding hydrogens is 314 g/mol. The predicted molar refractivity (Wildman–Crippen MR) is 91.2 cm³/mol. The van der Waals surface area contributed by atoms with E-state index in [0.717, 1.165) is 43.1 Å². The lowest BCUT2D eigenvalue weighted by Gasteiger charge is -2.29. The third-order valence-corrected chi connectivity index (χ3v) is 6.42. The Morgan fingerprint density at radius 3 is 2.78 bits per heavy atom. The van der Waals surface area contributed by atoms with E-state index in [4.69, 9.17) is 0 Å². The largest absolute Gasteiger partial charge is 0.297 e. The fourth-order valence-electron chi connectivity index (χ4n) is 3.77. The number of thiazole rings is 1. The van der Waals surface area contributed by atoms with Crippen LogP contribution in [0.5, 0.6) is 0 Å². The number of hydrogen-bond donors (Lipinski definition) is 0. The molecule has 1 saturated carbocycles. The molecule has 1 aliphatic heterocycles. The summed E-state index contributed by atoms with van der Waals surface area (Å²) in [4.78, 5) is 8.48. The summed E-state index contributed by atoms with van der Waals surface area (Å²) in [6.07, 6.45) is 9.72. The summed E-state index contributed by atoms with van der Waals surface area (Å²) in [7, 11) is 0. The van der Waals surface area contributed by atoms with Crippen molar-refractivity contribution in [1.29, 1.82) is 0 Å². The van der Waals surface area contributed by atoms with E-state index in [0.29, 0.717) is 6.42 Å². The molecule has 0 N–H and O–H groups in total. The van der Waals surface area contributed by atoms with Gasteiger partial charge >= 0.3 is 0 Å². The van der Waals surface area contributed by atoms with Gasteiger partial charge in [0.25, 0.3) is 0 Å². The molecule has 0 amide bonds. The normalized spacial score (nSPS) is 20.7. The van der Waals surface area contributed by atoms with Crippen LogP contribution >= 0.6 is 11.3 Å². The van der Waals surface area contributed by atoms with Gasteiger partial charge in [0.05, 0.1) is 10.7 Å². The number of aryl methyl sites for hydroxylation is 1. The first-order valence-corrected chi connectivity index (χ1v) is 9.89. The second-order valence-electron chi connectivity index (χ2n) is 7.37. The number of fused-ring (bicyclic) bond motifs is 1.